The van der Waals surface area contributed by atoms with Crippen LogP contribution in [0.25, 0.3) is 0 Å². The van der Waals surface area contributed by atoms with Gasteiger partial charge in [0.2, 0.25) is 0 Å². The Morgan fingerprint density at radius 3 is 2.86 bits per heavy atom. The summed E-state index contributed by atoms with van der Waals surface area (Å²) in [7, 11) is 0. The molecule has 1 heterocycles. The highest BCUT2D eigenvalue weighted by atomic mass is 16.4. The van der Waals surface area contributed by atoms with Crippen LogP contribution in [0.1, 0.15) is 46.6 Å². The zero-order valence-electron chi connectivity index (χ0n) is 12.1. The van der Waals surface area contributed by atoms with Crippen molar-refractivity contribution in [2.45, 2.75) is 39.2 Å². The van der Waals surface area contributed by atoms with E-state index < -0.39 is 5.97 Å². The molecule has 0 unspecified atom stereocenters. The number of carboxylic acids is 1. The second kappa shape index (κ2) is 5.68. The molecule has 0 amide bonds. The van der Waals surface area contributed by atoms with Crippen LogP contribution >= 0.6 is 0 Å². The average Bonchev–Trinajstić information content (AvgIpc) is 2.77. The van der Waals surface area contributed by atoms with Gasteiger partial charge in [-0.2, -0.15) is 0 Å². The van der Waals surface area contributed by atoms with Crippen LogP contribution in [-0.4, -0.2) is 26.1 Å². The van der Waals surface area contributed by atoms with Crippen molar-refractivity contribution in [1.29, 1.82) is 0 Å². The van der Waals surface area contributed by atoms with E-state index in [4.69, 9.17) is 0 Å². The maximum Gasteiger partial charge on any atom is 0.358 e. The number of carbonyl (C=O) groups is 1. The van der Waals surface area contributed by atoms with Gasteiger partial charge in [-0.1, -0.05) is 41.5 Å². The van der Waals surface area contributed by atoms with E-state index in [1.807, 2.05) is 25.1 Å². The molecule has 0 bridgehead atoms. The molecule has 21 heavy (non-hydrogen) atoms. The molecular weight excluding hydrogens is 266 g/mol. The molecular formula is C16H19N3O2. The average molecular weight is 285 g/mol. The van der Waals surface area contributed by atoms with Gasteiger partial charge in [0.25, 0.3) is 0 Å². The number of hydrogen-bond donors (Lipinski definition) is 1. The molecule has 1 fully saturated rings. The van der Waals surface area contributed by atoms with Crippen molar-refractivity contribution in [3.63, 3.8) is 0 Å². The molecule has 0 atom stereocenters. The van der Waals surface area contributed by atoms with Gasteiger partial charge >= 0.3 is 5.97 Å². The van der Waals surface area contributed by atoms with Crippen molar-refractivity contribution in [2.24, 2.45) is 5.92 Å². The van der Waals surface area contributed by atoms with E-state index in [2.05, 4.69) is 16.4 Å². The lowest BCUT2D eigenvalue weighted by atomic mass is 9.85. The molecule has 0 saturated heterocycles. The van der Waals surface area contributed by atoms with Gasteiger partial charge in [0, 0.05) is 13.0 Å². The molecule has 1 aliphatic rings. The van der Waals surface area contributed by atoms with Crippen LogP contribution < -0.4 is 0 Å². The summed E-state index contributed by atoms with van der Waals surface area (Å²) >= 11 is 0. The SMILES string of the molecule is Cc1cccc(Cc2c(C(=O)O)nnn2CC2CCC2)c1. The van der Waals surface area contributed by atoms with Gasteiger partial charge in [-0.05, 0) is 31.2 Å². The highest BCUT2D eigenvalue weighted by Crippen LogP contribution is 2.28. The zero-order valence-corrected chi connectivity index (χ0v) is 12.1. The summed E-state index contributed by atoms with van der Waals surface area (Å²) in [6.45, 7) is 2.81. The van der Waals surface area contributed by atoms with E-state index in [1.54, 1.807) is 4.68 Å². The number of rotatable bonds is 5. The Morgan fingerprint density at radius 2 is 2.24 bits per heavy atom. The highest BCUT2D eigenvalue weighted by Gasteiger charge is 2.24. The predicted molar refractivity (Wildman–Crippen MR) is 78.3 cm³/mol. The lowest BCUT2D eigenvalue weighted by Gasteiger charge is -2.25. The fraction of sp³-hybridized carbons (Fsp3) is 0.438. The third-order valence-corrected chi connectivity index (χ3v) is 4.15. The molecule has 0 radical (unpaired) electrons. The number of carboxylic acid groups (broad SMARTS) is 1. The number of aromatic nitrogens is 3. The van der Waals surface area contributed by atoms with Crippen LogP contribution in [0.5, 0.6) is 0 Å². The zero-order chi connectivity index (χ0) is 14.8. The third kappa shape index (κ3) is 2.96. The summed E-state index contributed by atoms with van der Waals surface area (Å²) in [4.78, 5) is 11.3. The fourth-order valence-electron chi connectivity index (χ4n) is 2.76. The van der Waals surface area contributed by atoms with Crippen LogP contribution in [0, 0.1) is 12.8 Å². The van der Waals surface area contributed by atoms with Crippen molar-refractivity contribution in [2.75, 3.05) is 0 Å². The summed E-state index contributed by atoms with van der Waals surface area (Å²) < 4.78 is 1.79. The van der Waals surface area contributed by atoms with Gasteiger partial charge in [-0.15, -0.1) is 5.10 Å². The molecule has 1 aromatic carbocycles. The van der Waals surface area contributed by atoms with Gasteiger partial charge in [-0.3, -0.25) is 0 Å². The lowest BCUT2D eigenvalue weighted by molar-refractivity contribution is 0.0689. The number of nitrogens with zero attached hydrogens (tertiary/aromatic N) is 3. The number of aryl methyl sites for hydroxylation is 1. The summed E-state index contributed by atoms with van der Waals surface area (Å²) in [5, 5.41) is 17.2. The topological polar surface area (TPSA) is 68.0 Å². The van der Waals surface area contributed by atoms with E-state index >= 15 is 0 Å². The van der Waals surface area contributed by atoms with Crippen LogP contribution in [0.15, 0.2) is 24.3 Å². The summed E-state index contributed by atoms with van der Waals surface area (Å²) in [5.74, 6) is -0.387. The summed E-state index contributed by atoms with van der Waals surface area (Å²) in [6.07, 6.45) is 4.22. The number of aromatic carboxylic acids is 1. The van der Waals surface area contributed by atoms with Gasteiger partial charge in [-0.25, -0.2) is 9.48 Å². The molecule has 0 spiro atoms. The highest BCUT2D eigenvalue weighted by molar-refractivity contribution is 5.86. The predicted octanol–water partition coefficient (Wildman–Crippen LogP) is 2.68. The normalized spacial score (nSPS) is 14.9. The molecule has 5 heteroatoms. The molecule has 2 aromatic rings. The van der Waals surface area contributed by atoms with Crippen molar-refractivity contribution >= 4 is 5.97 Å². The van der Waals surface area contributed by atoms with E-state index in [0.29, 0.717) is 18.0 Å². The number of benzene rings is 1. The molecule has 3 rings (SSSR count). The minimum absolute atomic E-state index is 0.0795. The largest absolute Gasteiger partial charge is 0.476 e. The monoisotopic (exact) mass is 285 g/mol. The maximum absolute atomic E-state index is 11.3. The Labute approximate surface area is 123 Å². The van der Waals surface area contributed by atoms with Gasteiger partial charge in [0.05, 0.1) is 5.69 Å². The second-order valence-electron chi connectivity index (χ2n) is 5.83. The molecule has 1 aliphatic carbocycles. The van der Waals surface area contributed by atoms with Crippen LogP contribution in [0.4, 0.5) is 0 Å². The molecule has 1 N–H and O–H groups in total. The molecule has 1 saturated carbocycles. The Balaban J connectivity index is 1.89. The van der Waals surface area contributed by atoms with Crippen LogP contribution in [0.3, 0.4) is 0 Å². The summed E-state index contributed by atoms with van der Waals surface area (Å²) in [5.41, 5.74) is 3.05. The Hall–Kier alpha value is -2.17. The first-order valence-corrected chi connectivity index (χ1v) is 7.34. The maximum atomic E-state index is 11.3. The molecule has 5 nitrogen and oxygen atoms in total. The van der Waals surface area contributed by atoms with E-state index in [-0.39, 0.29) is 5.69 Å². The molecule has 0 aliphatic heterocycles. The van der Waals surface area contributed by atoms with E-state index in [1.165, 1.54) is 24.8 Å². The lowest BCUT2D eigenvalue weighted by Crippen LogP contribution is -2.20. The number of hydrogen-bond acceptors (Lipinski definition) is 3. The van der Waals surface area contributed by atoms with Crippen molar-refractivity contribution < 1.29 is 9.90 Å². The van der Waals surface area contributed by atoms with Crippen molar-refractivity contribution in [1.82, 2.24) is 15.0 Å². The van der Waals surface area contributed by atoms with Gasteiger partial charge in [0.15, 0.2) is 5.69 Å². The van der Waals surface area contributed by atoms with Crippen LogP contribution in [-0.2, 0) is 13.0 Å². The third-order valence-electron chi connectivity index (χ3n) is 4.15. The van der Waals surface area contributed by atoms with Gasteiger partial charge in [0.1, 0.15) is 0 Å². The summed E-state index contributed by atoms with van der Waals surface area (Å²) in [6, 6.07) is 8.11. The van der Waals surface area contributed by atoms with Gasteiger partial charge < -0.3 is 5.11 Å². The minimum atomic E-state index is -1.00. The van der Waals surface area contributed by atoms with Crippen molar-refractivity contribution in [3.05, 3.63) is 46.8 Å². The Morgan fingerprint density at radius 1 is 1.43 bits per heavy atom. The quantitative estimate of drug-likeness (QED) is 0.917. The molecule has 1 aromatic heterocycles. The smallest absolute Gasteiger partial charge is 0.358 e. The van der Waals surface area contributed by atoms with E-state index in [9.17, 15) is 9.90 Å². The Kier molecular flexibility index (Phi) is 3.73. The minimum Gasteiger partial charge on any atom is -0.476 e. The first-order valence-electron chi connectivity index (χ1n) is 7.34. The standard InChI is InChI=1S/C16H19N3O2/c1-11-4-2-7-13(8-11)9-14-15(16(20)21)17-18-19(14)10-12-5-3-6-12/h2,4,7-8,12H,3,5-6,9-10H2,1H3,(H,20,21). The van der Waals surface area contributed by atoms with Crippen molar-refractivity contribution in [3.8, 4) is 0 Å². The second-order valence-corrected chi connectivity index (χ2v) is 5.83. The Bertz CT molecular complexity index is 659. The fourth-order valence-corrected chi connectivity index (χ4v) is 2.76. The first kappa shape index (κ1) is 13.8. The van der Waals surface area contributed by atoms with Crippen LogP contribution in [0.2, 0.25) is 0 Å². The van der Waals surface area contributed by atoms with E-state index in [0.717, 1.165) is 12.1 Å². The molecule has 110 valence electrons. The first-order chi connectivity index (χ1) is 10.1.